The number of alkyl halides is 1. The molecule has 9 nitrogen and oxygen atoms in total. The number of amides is 3. The Hall–Kier alpha value is -2.46. The second-order valence-corrected chi connectivity index (χ2v) is 14.6. The monoisotopic (exact) mass is 771 g/mol. The van der Waals surface area contributed by atoms with Gasteiger partial charge in [-0.2, -0.15) is 0 Å². The third kappa shape index (κ3) is 7.62. The summed E-state index contributed by atoms with van der Waals surface area (Å²) < 4.78 is 0. The summed E-state index contributed by atoms with van der Waals surface area (Å²) in [4.78, 5) is 48.8. The van der Waals surface area contributed by atoms with E-state index in [4.69, 9.17) is 11.6 Å². The molecule has 14 heteroatoms. The molecule has 3 amide bonds. The second kappa shape index (κ2) is 15.0. The maximum Gasteiger partial charge on any atom is 0.316 e. The largest absolute Gasteiger partial charge is 1.00 e. The maximum absolute atomic E-state index is 13.2. The van der Waals surface area contributed by atoms with Crippen molar-refractivity contribution >= 4 is 79.4 Å². The Morgan fingerprint density at radius 1 is 1.09 bits per heavy atom. The molecule has 0 bridgehead atoms. The van der Waals surface area contributed by atoms with E-state index in [0.29, 0.717) is 51.3 Å². The summed E-state index contributed by atoms with van der Waals surface area (Å²) in [5, 5.41) is 22.7. The molecule has 0 fully saturated rings. The van der Waals surface area contributed by atoms with Crippen LogP contribution in [0.2, 0.25) is 0 Å². The third-order valence-electron chi connectivity index (χ3n) is 6.92. The summed E-state index contributed by atoms with van der Waals surface area (Å²) in [5.74, 6) is -0.354. The number of carbonyl (C=O) groups is 3. The fraction of sp³-hybridized carbons (Fsp3) is 0.345. The van der Waals surface area contributed by atoms with Gasteiger partial charge >= 0.3 is 11.8 Å². The third-order valence-corrected chi connectivity index (χ3v) is 10.2. The number of hydrogen-bond donors (Lipinski definition) is 3. The topological polar surface area (TPSA) is 125 Å². The lowest BCUT2D eigenvalue weighted by Gasteiger charge is -2.17. The van der Waals surface area contributed by atoms with Crippen molar-refractivity contribution in [3.8, 4) is 16.5 Å². The summed E-state index contributed by atoms with van der Waals surface area (Å²) in [6.45, 7) is 1.12. The van der Waals surface area contributed by atoms with Crippen LogP contribution in [0.15, 0.2) is 41.1 Å². The maximum atomic E-state index is 13.2. The number of anilines is 1. The van der Waals surface area contributed by atoms with Crippen molar-refractivity contribution in [1.29, 1.82) is 0 Å². The minimum absolute atomic E-state index is 0. The Bertz CT molecular complexity index is 1630. The molecule has 0 saturated heterocycles. The quantitative estimate of drug-likeness (QED) is 0.0732. The van der Waals surface area contributed by atoms with Crippen LogP contribution in [0.4, 0.5) is 5.69 Å². The average molecular weight is 772 g/mol. The van der Waals surface area contributed by atoms with Crippen LogP contribution in [-0.2, 0) is 26.9 Å². The molecule has 43 heavy (non-hydrogen) atoms. The second-order valence-electron chi connectivity index (χ2n) is 10.1. The molecule has 2 aromatic carbocycles. The van der Waals surface area contributed by atoms with Crippen molar-refractivity contribution in [2.75, 3.05) is 48.7 Å². The Morgan fingerprint density at radius 3 is 2.60 bits per heavy atom. The van der Waals surface area contributed by atoms with Gasteiger partial charge in [-0.25, -0.2) is 9.97 Å². The van der Waals surface area contributed by atoms with Crippen molar-refractivity contribution in [3.63, 3.8) is 0 Å². The van der Waals surface area contributed by atoms with Crippen LogP contribution >= 0.6 is 34.3 Å². The number of phenolic OH excluding ortho intramolecular Hbond substituents is 1. The lowest BCUT2D eigenvalue weighted by molar-refractivity contribution is -0.137. The van der Waals surface area contributed by atoms with Crippen molar-refractivity contribution in [2.24, 2.45) is 0 Å². The first-order valence-corrected chi connectivity index (χ1v) is 17.9. The highest BCUT2D eigenvalue weighted by molar-refractivity contribution is 7.95. The van der Waals surface area contributed by atoms with Crippen LogP contribution in [-0.4, -0.2) is 76.6 Å². The molecular weight excluding hydrogens is 741 g/mol. The van der Waals surface area contributed by atoms with Gasteiger partial charge in [0, 0.05) is 66.5 Å². The number of nitrogens with one attached hydrogen (secondary N) is 2. The molecule has 0 aliphatic carbocycles. The Balaban J connectivity index is 0.00000423. The Kier molecular flexibility index (Phi) is 11.7. The zero-order chi connectivity index (χ0) is 29.8. The molecule has 5 rings (SSSR count). The number of thiazole rings is 2. The predicted octanol–water partition coefficient (Wildman–Crippen LogP) is 1.16. The molecule has 0 saturated carbocycles. The zero-order valence-corrected chi connectivity index (χ0v) is 28.9. The van der Waals surface area contributed by atoms with Crippen LogP contribution in [0, 0.1) is 0 Å². The highest BCUT2D eigenvalue weighted by Crippen LogP contribution is 2.45. The molecule has 0 spiro atoms. The minimum Gasteiger partial charge on any atom is -1.00 e. The number of nitrogens with zero attached hydrogens (tertiary/aromatic N) is 3. The first-order chi connectivity index (χ1) is 20.3. The molecule has 0 radical (unpaired) electrons. The van der Waals surface area contributed by atoms with Gasteiger partial charge in [-0.1, -0.05) is 24.3 Å². The van der Waals surface area contributed by atoms with Gasteiger partial charge in [0.15, 0.2) is 0 Å². The van der Waals surface area contributed by atoms with Crippen LogP contribution in [0.3, 0.4) is 0 Å². The molecule has 2 aromatic heterocycles. The normalized spacial score (nSPS) is 14.0. The van der Waals surface area contributed by atoms with Crippen LogP contribution in [0.1, 0.15) is 33.4 Å². The standard InChI is InChI=1S/C29H30ClN5O4S3.HI/c1-42(2)11-5-9-31-26(37)20-15-41-28(34-20)21-16-40-24(33-21)8-10-32-27(38)29(39)35-14-17(13-30)25-19-7-4-3-6-18(19)23(36)12-22(25)35;/h3-4,6-7,12,15-17H,5,8-11,13-14H2,1-2H3,(H2-,31,32,36,37,38);1H/t17-;/m1./s1. The SMILES string of the molecule is C[S+](C)CCCNC(=O)c1csc(-c2csc(CCNC(=O)C(=O)N3C[C@@H](CCl)c4c3cc(O)c3ccccc43)n2)n1.[I-]. The predicted molar refractivity (Wildman–Crippen MR) is 172 cm³/mol. The van der Waals surface area contributed by atoms with Crippen molar-refractivity contribution < 1.29 is 43.5 Å². The van der Waals surface area contributed by atoms with Crippen LogP contribution in [0.25, 0.3) is 21.5 Å². The summed E-state index contributed by atoms with van der Waals surface area (Å²) in [6.07, 6.45) is 5.75. The van der Waals surface area contributed by atoms with E-state index in [1.165, 1.54) is 33.6 Å². The van der Waals surface area contributed by atoms with Gasteiger partial charge in [0.05, 0.1) is 23.2 Å². The molecule has 1 aliphatic rings. The van der Waals surface area contributed by atoms with E-state index < -0.39 is 11.8 Å². The van der Waals surface area contributed by atoms with Crippen LogP contribution < -0.4 is 39.5 Å². The highest BCUT2D eigenvalue weighted by atomic mass is 127. The molecule has 3 heterocycles. The molecule has 1 atom stereocenters. The van der Waals surface area contributed by atoms with E-state index in [2.05, 4.69) is 33.1 Å². The van der Waals surface area contributed by atoms with E-state index in [0.717, 1.165) is 28.1 Å². The van der Waals surface area contributed by atoms with Crippen molar-refractivity contribution in [2.45, 2.75) is 18.8 Å². The molecule has 3 N–H and O–H groups in total. The molecule has 1 aliphatic heterocycles. The number of rotatable bonds is 10. The first kappa shape index (κ1) is 33.4. The fourth-order valence-electron chi connectivity index (χ4n) is 4.90. The summed E-state index contributed by atoms with van der Waals surface area (Å²) in [7, 11) is 0.356. The van der Waals surface area contributed by atoms with Crippen LogP contribution in [0.5, 0.6) is 5.75 Å². The van der Waals surface area contributed by atoms with Gasteiger partial charge < -0.3 is 44.6 Å². The number of phenols is 1. The van der Waals surface area contributed by atoms with Gasteiger partial charge in [-0.3, -0.25) is 14.4 Å². The number of aromatic hydroxyl groups is 1. The van der Waals surface area contributed by atoms with E-state index in [-0.39, 0.29) is 60.5 Å². The number of aromatic nitrogens is 2. The lowest BCUT2D eigenvalue weighted by atomic mass is 9.95. The van der Waals surface area contributed by atoms with Crippen molar-refractivity contribution in [1.82, 2.24) is 20.6 Å². The molecule has 228 valence electrons. The number of hydrogen-bond acceptors (Lipinski definition) is 8. The minimum atomic E-state index is -0.731. The van der Waals surface area contributed by atoms with Gasteiger partial charge in [-0.05, 0) is 21.8 Å². The highest BCUT2D eigenvalue weighted by Gasteiger charge is 2.36. The number of carbonyl (C=O) groups excluding carboxylic acids is 3. The molecule has 4 aromatic rings. The van der Waals surface area contributed by atoms with E-state index in [1.807, 2.05) is 29.6 Å². The van der Waals surface area contributed by atoms with Gasteiger partial charge in [-0.15, -0.1) is 34.3 Å². The summed E-state index contributed by atoms with van der Waals surface area (Å²) >= 11 is 9.03. The van der Waals surface area contributed by atoms with E-state index in [1.54, 1.807) is 5.38 Å². The fourth-order valence-corrected chi connectivity index (χ4v) is 7.49. The van der Waals surface area contributed by atoms with Crippen molar-refractivity contribution in [3.05, 3.63) is 57.4 Å². The van der Waals surface area contributed by atoms with E-state index >= 15 is 0 Å². The van der Waals surface area contributed by atoms with Gasteiger partial charge in [0.25, 0.3) is 5.91 Å². The summed E-state index contributed by atoms with van der Waals surface area (Å²) in [5.41, 5.74) is 2.43. The Morgan fingerprint density at radius 2 is 1.86 bits per heavy atom. The van der Waals surface area contributed by atoms with E-state index in [9.17, 15) is 19.5 Å². The number of fused-ring (bicyclic) bond motifs is 3. The summed E-state index contributed by atoms with van der Waals surface area (Å²) in [6, 6.07) is 8.95. The molecular formula is C29H31ClIN5O4S3. The average Bonchev–Trinajstić information content (AvgIpc) is 3.73. The Labute approximate surface area is 282 Å². The number of benzene rings is 2. The van der Waals surface area contributed by atoms with Gasteiger partial charge in [0.2, 0.25) is 0 Å². The van der Waals surface area contributed by atoms with Gasteiger partial charge in [0.1, 0.15) is 27.9 Å². The smallest absolute Gasteiger partial charge is 0.316 e. The lowest BCUT2D eigenvalue weighted by Crippen LogP contribution is -3.00. The first-order valence-electron chi connectivity index (χ1n) is 13.4. The molecule has 0 unspecified atom stereocenters. The zero-order valence-electron chi connectivity index (χ0n) is 23.6. The number of halogens is 2.